The van der Waals surface area contributed by atoms with Gasteiger partial charge in [0.15, 0.2) is 5.13 Å². The molecule has 0 atom stereocenters. The highest BCUT2D eigenvalue weighted by Gasteiger charge is 2.21. The summed E-state index contributed by atoms with van der Waals surface area (Å²) in [6.45, 7) is 0.442. The Labute approximate surface area is 177 Å². The van der Waals surface area contributed by atoms with Gasteiger partial charge in [0.1, 0.15) is 0 Å². The van der Waals surface area contributed by atoms with Gasteiger partial charge in [-0.3, -0.25) is 9.69 Å². The van der Waals surface area contributed by atoms with Gasteiger partial charge in [-0.15, -0.1) is 0 Å². The molecule has 1 aromatic heterocycles. The van der Waals surface area contributed by atoms with Crippen LogP contribution in [0.15, 0.2) is 72.8 Å². The third-order valence-electron chi connectivity index (χ3n) is 4.35. The minimum absolute atomic E-state index is 0.0536. The van der Waals surface area contributed by atoms with Crippen LogP contribution in [0, 0.1) is 0 Å². The van der Waals surface area contributed by atoms with E-state index in [4.69, 9.17) is 23.2 Å². The van der Waals surface area contributed by atoms with Crippen LogP contribution in [0.4, 0.5) is 5.13 Å². The Hall–Kier alpha value is -2.40. The van der Waals surface area contributed by atoms with Crippen molar-refractivity contribution in [3.8, 4) is 0 Å². The van der Waals surface area contributed by atoms with Crippen molar-refractivity contribution in [2.75, 3.05) is 4.90 Å². The highest BCUT2D eigenvalue weighted by molar-refractivity contribution is 7.22. The van der Waals surface area contributed by atoms with E-state index in [9.17, 15) is 4.79 Å². The van der Waals surface area contributed by atoms with Gasteiger partial charge in [0.05, 0.1) is 23.2 Å². The molecule has 0 spiro atoms. The lowest BCUT2D eigenvalue weighted by atomic mass is 10.1. The predicted molar refractivity (Wildman–Crippen MR) is 117 cm³/mol. The van der Waals surface area contributed by atoms with Gasteiger partial charge < -0.3 is 0 Å². The van der Waals surface area contributed by atoms with Crippen molar-refractivity contribution in [2.24, 2.45) is 0 Å². The summed E-state index contributed by atoms with van der Waals surface area (Å²) < 4.78 is 0.950. The first kappa shape index (κ1) is 18.9. The first-order valence-electron chi connectivity index (χ1n) is 8.74. The van der Waals surface area contributed by atoms with Gasteiger partial charge in [-0.2, -0.15) is 0 Å². The molecule has 0 aliphatic carbocycles. The van der Waals surface area contributed by atoms with Crippen LogP contribution in [0.2, 0.25) is 10.0 Å². The Morgan fingerprint density at radius 1 is 0.964 bits per heavy atom. The second kappa shape index (κ2) is 8.31. The van der Waals surface area contributed by atoms with Crippen molar-refractivity contribution < 1.29 is 4.79 Å². The molecule has 28 heavy (non-hydrogen) atoms. The van der Waals surface area contributed by atoms with E-state index in [0.29, 0.717) is 21.7 Å². The van der Waals surface area contributed by atoms with Crippen molar-refractivity contribution >= 4 is 55.8 Å². The second-order valence-corrected chi connectivity index (χ2v) is 8.19. The monoisotopic (exact) mass is 426 g/mol. The van der Waals surface area contributed by atoms with E-state index in [-0.39, 0.29) is 12.3 Å². The molecule has 0 radical (unpaired) electrons. The van der Waals surface area contributed by atoms with Crippen molar-refractivity contribution in [3.05, 3.63) is 94.0 Å². The topological polar surface area (TPSA) is 33.2 Å². The van der Waals surface area contributed by atoms with E-state index in [1.54, 1.807) is 17.0 Å². The molecule has 0 saturated heterocycles. The molecule has 0 N–H and O–H groups in total. The van der Waals surface area contributed by atoms with E-state index in [1.165, 1.54) is 11.3 Å². The normalized spacial score (nSPS) is 10.9. The van der Waals surface area contributed by atoms with Gasteiger partial charge in [0, 0.05) is 10.0 Å². The Morgan fingerprint density at radius 3 is 2.50 bits per heavy atom. The zero-order chi connectivity index (χ0) is 19.5. The summed E-state index contributed by atoms with van der Waals surface area (Å²) >= 11 is 13.8. The van der Waals surface area contributed by atoms with Crippen LogP contribution < -0.4 is 4.90 Å². The number of anilines is 1. The summed E-state index contributed by atoms with van der Waals surface area (Å²) in [5, 5.41) is 1.89. The number of rotatable bonds is 5. The molecule has 0 bridgehead atoms. The number of carbonyl (C=O) groups is 1. The van der Waals surface area contributed by atoms with Gasteiger partial charge in [-0.25, -0.2) is 4.98 Å². The van der Waals surface area contributed by atoms with Crippen LogP contribution in [-0.2, 0) is 17.8 Å². The lowest BCUT2D eigenvalue weighted by molar-refractivity contribution is -0.118. The molecular weight excluding hydrogens is 411 g/mol. The number of hydrogen-bond donors (Lipinski definition) is 0. The Balaban J connectivity index is 1.70. The highest BCUT2D eigenvalue weighted by atomic mass is 35.5. The fourth-order valence-electron chi connectivity index (χ4n) is 2.93. The molecule has 0 aliphatic heterocycles. The lowest BCUT2D eigenvalue weighted by Crippen LogP contribution is -2.31. The summed E-state index contributed by atoms with van der Waals surface area (Å²) in [5.74, 6) is -0.0536. The van der Waals surface area contributed by atoms with Crippen LogP contribution in [0.5, 0.6) is 0 Å². The van der Waals surface area contributed by atoms with Crippen LogP contribution in [0.25, 0.3) is 10.2 Å². The maximum absolute atomic E-state index is 13.2. The molecule has 1 heterocycles. The van der Waals surface area contributed by atoms with E-state index < -0.39 is 0 Å². The quantitative estimate of drug-likeness (QED) is 0.370. The SMILES string of the molecule is O=C(Cc1ccccc1Cl)N(Cc1ccccc1)c1nc2ccc(Cl)cc2s1. The van der Waals surface area contributed by atoms with Crippen LogP contribution in [0.3, 0.4) is 0 Å². The van der Waals surface area contributed by atoms with Crippen molar-refractivity contribution in [1.29, 1.82) is 0 Å². The fraction of sp³-hybridized carbons (Fsp3) is 0.0909. The molecule has 3 nitrogen and oxygen atoms in total. The van der Waals surface area contributed by atoms with Gasteiger partial charge in [0.2, 0.25) is 5.91 Å². The van der Waals surface area contributed by atoms with Gasteiger partial charge in [-0.05, 0) is 35.4 Å². The average molecular weight is 427 g/mol. The fourth-order valence-corrected chi connectivity index (χ4v) is 4.39. The summed E-state index contributed by atoms with van der Waals surface area (Å²) in [5.41, 5.74) is 2.66. The molecule has 4 aromatic rings. The van der Waals surface area contributed by atoms with Gasteiger partial charge in [0.25, 0.3) is 0 Å². The second-order valence-electron chi connectivity index (χ2n) is 6.34. The maximum Gasteiger partial charge on any atom is 0.233 e. The van der Waals surface area contributed by atoms with Crippen LogP contribution in [-0.4, -0.2) is 10.9 Å². The van der Waals surface area contributed by atoms with Gasteiger partial charge >= 0.3 is 0 Å². The molecule has 0 fully saturated rings. The number of nitrogens with zero attached hydrogens (tertiary/aromatic N) is 2. The van der Waals surface area contributed by atoms with Crippen LogP contribution >= 0.6 is 34.5 Å². The number of carbonyl (C=O) groups excluding carboxylic acids is 1. The highest BCUT2D eigenvalue weighted by Crippen LogP contribution is 2.32. The molecular formula is C22H16Cl2N2OS. The standard InChI is InChI=1S/C22H16Cl2N2OS/c23-17-10-11-19-20(13-17)28-22(25-19)26(14-15-6-2-1-3-7-15)21(27)12-16-8-4-5-9-18(16)24/h1-11,13H,12,14H2. The molecule has 0 unspecified atom stereocenters. The summed E-state index contributed by atoms with van der Waals surface area (Å²) in [6, 6.07) is 22.8. The molecule has 1 amide bonds. The Kier molecular flexibility index (Phi) is 5.62. The minimum Gasteiger partial charge on any atom is -0.283 e. The summed E-state index contributed by atoms with van der Waals surface area (Å²) in [6.07, 6.45) is 0.211. The first-order valence-corrected chi connectivity index (χ1v) is 10.3. The molecule has 3 aromatic carbocycles. The molecule has 140 valence electrons. The van der Waals surface area contributed by atoms with E-state index in [1.807, 2.05) is 60.7 Å². The third kappa shape index (κ3) is 4.20. The van der Waals surface area contributed by atoms with E-state index >= 15 is 0 Å². The number of thiazole rings is 1. The smallest absolute Gasteiger partial charge is 0.233 e. The zero-order valence-corrected chi connectivity index (χ0v) is 17.1. The minimum atomic E-state index is -0.0536. The van der Waals surface area contributed by atoms with E-state index in [0.717, 1.165) is 21.3 Å². The van der Waals surface area contributed by atoms with Crippen molar-refractivity contribution in [3.63, 3.8) is 0 Å². The number of halogens is 2. The van der Waals surface area contributed by atoms with Crippen LogP contribution in [0.1, 0.15) is 11.1 Å². The number of fused-ring (bicyclic) bond motifs is 1. The van der Waals surface area contributed by atoms with Gasteiger partial charge in [-0.1, -0.05) is 83.1 Å². The largest absolute Gasteiger partial charge is 0.283 e. The summed E-state index contributed by atoms with van der Waals surface area (Å²) in [7, 11) is 0. The molecule has 6 heteroatoms. The maximum atomic E-state index is 13.2. The van der Waals surface area contributed by atoms with Crippen molar-refractivity contribution in [1.82, 2.24) is 4.98 Å². The first-order chi connectivity index (χ1) is 13.6. The Bertz CT molecular complexity index is 1130. The Morgan fingerprint density at radius 2 is 1.71 bits per heavy atom. The summed E-state index contributed by atoms with van der Waals surface area (Å²) in [4.78, 5) is 19.6. The molecule has 0 saturated carbocycles. The number of benzene rings is 3. The number of aromatic nitrogens is 1. The zero-order valence-electron chi connectivity index (χ0n) is 14.8. The number of amides is 1. The predicted octanol–water partition coefficient (Wildman–Crippen LogP) is 6.38. The lowest BCUT2D eigenvalue weighted by Gasteiger charge is -2.20. The molecule has 4 rings (SSSR count). The number of hydrogen-bond acceptors (Lipinski definition) is 3. The molecule has 0 aliphatic rings. The third-order valence-corrected chi connectivity index (χ3v) is 6.00. The van der Waals surface area contributed by atoms with Crippen molar-refractivity contribution in [2.45, 2.75) is 13.0 Å². The van der Waals surface area contributed by atoms with E-state index in [2.05, 4.69) is 4.98 Å². The average Bonchev–Trinajstić information content (AvgIpc) is 3.11.